The topological polar surface area (TPSA) is 75.6 Å². The highest BCUT2D eigenvalue weighted by atomic mass is 35.5. The van der Waals surface area contributed by atoms with Crippen LogP contribution in [0.1, 0.15) is 23.7 Å². The first-order valence-electron chi connectivity index (χ1n) is 6.60. The number of ether oxygens (including phenoxy) is 1. The third-order valence-electron chi connectivity index (χ3n) is 2.86. The third-order valence-corrected chi connectivity index (χ3v) is 3.11. The van der Waals surface area contributed by atoms with Gasteiger partial charge in [-0.25, -0.2) is 4.79 Å². The first kappa shape index (κ1) is 15.9. The number of aromatic carboxylic acids is 1. The van der Waals surface area contributed by atoms with Crippen LogP contribution in [-0.2, 0) is 4.79 Å². The van der Waals surface area contributed by atoms with Crippen molar-refractivity contribution in [1.29, 1.82) is 0 Å². The Morgan fingerprint density at radius 1 is 1.18 bits per heavy atom. The van der Waals surface area contributed by atoms with E-state index in [0.717, 1.165) is 0 Å². The molecule has 0 heterocycles. The van der Waals surface area contributed by atoms with Crippen LogP contribution in [0.25, 0.3) is 0 Å². The molecule has 0 saturated heterocycles. The lowest BCUT2D eigenvalue weighted by Crippen LogP contribution is -2.10. The number of nitrogens with one attached hydrogen (secondary N) is 1. The van der Waals surface area contributed by atoms with Gasteiger partial charge in [0.15, 0.2) is 0 Å². The first-order chi connectivity index (χ1) is 10.5. The Hall–Kier alpha value is -2.53. The minimum atomic E-state index is -1.14. The summed E-state index contributed by atoms with van der Waals surface area (Å²) in [5.41, 5.74) is 0.372. The van der Waals surface area contributed by atoms with Gasteiger partial charge in [-0.05, 0) is 42.5 Å². The maximum absolute atomic E-state index is 11.4. The van der Waals surface area contributed by atoms with Gasteiger partial charge in [0, 0.05) is 17.1 Å². The molecule has 22 heavy (non-hydrogen) atoms. The van der Waals surface area contributed by atoms with Crippen LogP contribution in [0.15, 0.2) is 42.5 Å². The molecule has 0 spiro atoms. The summed E-state index contributed by atoms with van der Waals surface area (Å²) >= 11 is 5.79. The molecule has 2 aromatic rings. The predicted octanol–water partition coefficient (Wildman–Crippen LogP) is 4.18. The van der Waals surface area contributed by atoms with Crippen molar-refractivity contribution in [3.63, 3.8) is 0 Å². The Morgan fingerprint density at radius 3 is 2.45 bits per heavy atom. The number of anilines is 1. The molecule has 2 rings (SSSR count). The number of carboxylic acid groups (broad SMARTS) is 1. The number of carbonyl (C=O) groups is 2. The summed E-state index contributed by atoms with van der Waals surface area (Å²) < 4.78 is 5.56. The molecule has 5 nitrogen and oxygen atoms in total. The highest BCUT2D eigenvalue weighted by Gasteiger charge is 2.14. The molecule has 0 aliphatic heterocycles. The van der Waals surface area contributed by atoms with Gasteiger partial charge in [-0.2, -0.15) is 0 Å². The van der Waals surface area contributed by atoms with E-state index in [0.29, 0.717) is 22.9 Å². The second-order valence-corrected chi connectivity index (χ2v) is 4.91. The monoisotopic (exact) mass is 319 g/mol. The zero-order valence-electron chi connectivity index (χ0n) is 11.8. The molecule has 2 N–H and O–H groups in total. The van der Waals surface area contributed by atoms with Crippen LogP contribution >= 0.6 is 11.6 Å². The van der Waals surface area contributed by atoms with Gasteiger partial charge in [-0.1, -0.05) is 18.5 Å². The molecular weight excluding hydrogens is 306 g/mol. The molecule has 0 radical (unpaired) electrons. The van der Waals surface area contributed by atoms with Crippen LogP contribution in [0.4, 0.5) is 5.69 Å². The average Bonchev–Trinajstić information content (AvgIpc) is 2.50. The average molecular weight is 320 g/mol. The van der Waals surface area contributed by atoms with E-state index in [9.17, 15) is 14.7 Å². The lowest BCUT2D eigenvalue weighted by atomic mass is 10.1. The van der Waals surface area contributed by atoms with Gasteiger partial charge in [0.05, 0.1) is 0 Å². The Morgan fingerprint density at radius 2 is 1.86 bits per heavy atom. The van der Waals surface area contributed by atoms with E-state index in [1.165, 1.54) is 12.1 Å². The van der Waals surface area contributed by atoms with Crippen LogP contribution < -0.4 is 10.1 Å². The van der Waals surface area contributed by atoms with Crippen LogP contribution in [0, 0.1) is 0 Å². The third kappa shape index (κ3) is 3.99. The molecular formula is C16H14ClNO4. The van der Waals surface area contributed by atoms with E-state index >= 15 is 0 Å². The largest absolute Gasteiger partial charge is 0.478 e. The molecule has 2 aromatic carbocycles. The van der Waals surface area contributed by atoms with Crippen LogP contribution in [0.5, 0.6) is 11.5 Å². The van der Waals surface area contributed by atoms with Gasteiger partial charge in [0.25, 0.3) is 0 Å². The van der Waals surface area contributed by atoms with E-state index in [2.05, 4.69) is 5.32 Å². The molecule has 0 aliphatic carbocycles. The standard InChI is InChI=1S/C16H14ClNO4/c1-2-15(19)18-11-5-8-14(13(9-11)16(20)21)22-12-6-3-10(17)4-7-12/h3-9H,2H2,1H3,(H,18,19)(H,20,21). The fraction of sp³-hybridized carbons (Fsp3) is 0.125. The van der Waals surface area contributed by atoms with Crippen molar-refractivity contribution in [2.24, 2.45) is 0 Å². The summed E-state index contributed by atoms with van der Waals surface area (Å²) in [5.74, 6) is -0.680. The minimum Gasteiger partial charge on any atom is -0.478 e. The van der Waals surface area contributed by atoms with Crippen LogP contribution in [0.2, 0.25) is 5.02 Å². The summed E-state index contributed by atoms with van der Waals surface area (Å²) in [6.07, 6.45) is 0.311. The summed E-state index contributed by atoms with van der Waals surface area (Å²) in [7, 11) is 0. The summed E-state index contributed by atoms with van der Waals surface area (Å²) in [6, 6.07) is 11.0. The maximum atomic E-state index is 11.4. The van der Waals surface area contributed by atoms with Gasteiger partial charge >= 0.3 is 5.97 Å². The van der Waals surface area contributed by atoms with E-state index in [1.54, 1.807) is 37.3 Å². The molecule has 0 saturated carbocycles. The number of halogens is 1. The van der Waals surface area contributed by atoms with Crippen LogP contribution in [0.3, 0.4) is 0 Å². The minimum absolute atomic E-state index is 0.0381. The van der Waals surface area contributed by atoms with Crippen molar-refractivity contribution in [3.05, 3.63) is 53.1 Å². The van der Waals surface area contributed by atoms with E-state index in [1.807, 2.05) is 0 Å². The number of rotatable bonds is 5. The van der Waals surface area contributed by atoms with Crippen molar-refractivity contribution < 1.29 is 19.4 Å². The number of amides is 1. The highest BCUT2D eigenvalue weighted by molar-refractivity contribution is 6.30. The van der Waals surface area contributed by atoms with E-state index in [-0.39, 0.29) is 17.2 Å². The molecule has 6 heteroatoms. The summed E-state index contributed by atoms with van der Waals surface area (Å²) in [5, 5.41) is 12.5. The van der Waals surface area contributed by atoms with Crippen molar-refractivity contribution in [2.45, 2.75) is 13.3 Å². The first-order valence-corrected chi connectivity index (χ1v) is 6.98. The predicted molar refractivity (Wildman–Crippen MR) is 83.8 cm³/mol. The summed E-state index contributed by atoms with van der Waals surface area (Å²) in [4.78, 5) is 22.7. The van der Waals surface area contributed by atoms with Crippen LogP contribution in [-0.4, -0.2) is 17.0 Å². The fourth-order valence-corrected chi connectivity index (χ4v) is 1.87. The van der Waals surface area contributed by atoms with E-state index in [4.69, 9.17) is 16.3 Å². The second-order valence-electron chi connectivity index (χ2n) is 4.47. The lowest BCUT2D eigenvalue weighted by molar-refractivity contribution is -0.115. The van der Waals surface area contributed by atoms with Gasteiger partial charge in [0.2, 0.25) is 5.91 Å². The molecule has 1 amide bonds. The number of carbonyl (C=O) groups excluding carboxylic acids is 1. The lowest BCUT2D eigenvalue weighted by Gasteiger charge is -2.11. The van der Waals surface area contributed by atoms with Gasteiger partial charge in [0.1, 0.15) is 17.1 Å². The van der Waals surface area contributed by atoms with Gasteiger partial charge in [-0.3, -0.25) is 4.79 Å². The Kier molecular flexibility index (Phi) is 5.01. The smallest absolute Gasteiger partial charge is 0.339 e. The normalized spacial score (nSPS) is 10.1. The summed E-state index contributed by atoms with van der Waals surface area (Å²) in [6.45, 7) is 1.71. The fourth-order valence-electron chi connectivity index (χ4n) is 1.74. The Bertz CT molecular complexity index is 698. The molecule has 0 fully saturated rings. The Labute approximate surface area is 132 Å². The van der Waals surface area contributed by atoms with Crippen molar-refractivity contribution in [2.75, 3.05) is 5.32 Å². The number of hydrogen-bond donors (Lipinski definition) is 2. The van der Waals surface area contributed by atoms with Gasteiger partial charge < -0.3 is 15.2 Å². The van der Waals surface area contributed by atoms with Crippen molar-refractivity contribution in [3.8, 4) is 11.5 Å². The molecule has 0 aliphatic rings. The number of hydrogen-bond acceptors (Lipinski definition) is 3. The van der Waals surface area contributed by atoms with Gasteiger partial charge in [-0.15, -0.1) is 0 Å². The zero-order chi connectivity index (χ0) is 16.1. The SMILES string of the molecule is CCC(=O)Nc1ccc(Oc2ccc(Cl)cc2)c(C(=O)O)c1. The maximum Gasteiger partial charge on any atom is 0.339 e. The molecule has 0 unspecified atom stereocenters. The molecule has 0 bridgehead atoms. The highest BCUT2D eigenvalue weighted by Crippen LogP contribution is 2.28. The zero-order valence-corrected chi connectivity index (χ0v) is 12.6. The molecule has 0 aromatic heterocycles. The number of benzene rings is 2. The van der Waals surface area contributed by atoms with Crippen molar-refractivity contribution >= 4 is 29.2 Å². The quantitative estimate of drug-likeness (QED) is 0.866. The molecule has 114 valence electrons. The Balaban J connectivity index is 2.28. The van der Waals surface area contributed by atoms with E-state index < -0.39 is 5.97 Å². The number of carboxylic acids is 1. The second kappa shape index (κ2) is 6.95. The van der Waals surface area contributed by atoms with Crippen molar-refractivity contribution in [1.82, 2.24) is 0 Å². The molecule has 0 atom stereocenters.